The Kier molecular flexibility index (Phi) is 4.88. The number of rotatable bonds is 6. The molecule has 1 aliphatic heterocycles. The molecule has 26 heavy (non-hydrogen) atoms. The second kappa shape index (κ2) is 7.16. The van der Waals surface area contributed by atoms with E-state index in [2.05, 4.69) is 27.7 Å². The number of hydrogen-bond donors (Lipinski definition) is 1. The molecule has 0 unspecified atom stereocenters. The number of amides is 1. The SMILES string of the molecule is CC[C@H](NC(=O)c1csc2c1CCN(Cc1c(C)noc1C)C2)C1CC1. The lowest BCUT2D eigenvalue weighted by molar-refractivity contribution is 0.0929. The normalized spacial score (nSPS) is 18.6. The summed E-state index contributed by atoms with van der Waals surface area (Å²) >= 11 is 1.72. The van der Waals surface area contributed by atoms with Crippen LogP contribution in [0.5, 0.6) is 0 Å². The van der Waals surface area contributed by atoms with Crippen LogP contribution in [0.2, 0.25) is 0 Å². The fraction of sp³-hybridized carbons (Fsp3) is 0.600. The molecule has 0 aromatic carbocycles. The lowest BCUT2D eigenvalue weighted by Gasteiger charge is -2.27. The standard InChI is InChI=1S/C20H27N3O2S/c1-4-18(14-5-6-14)21-20(24)17-11-26-19-10-23(8-7-15(17)19)9-16-12(2)22-25-13(16)3/h11,14,18H,4-10H2,1-3H3,(H,21,24)/t18-/m0/s1. The molecule has 0 spiro atoms. The van der Waals surface area contributed by atoms with Crippen molar-refractivity contribution in [1.29, 1.82) is 0 Å². The minimum atomic E-state index is 0.125. The Bertz CT molecular complexity index is 787. The molecule has 1 N–H and O–H groups in total. The van der Waals surface area contributed by atoms with Crippen LogP contribution < -0.4 is 5.32 Å². The molecule has 6 heteroatoms. The summed E-state index contributed by atoms with van der Waals surface area (Å²) < 4.78 is 5.29. The summed E-state index contributed by atoms with van der Waals surface area (Å²) in [5.74, 6) is 1.73. The average molecular weight is 374 g/mol. The predicted molar refractivity (Wildman–Crippen MR) is 102 cm³/mol. The highest BCUT2D eigenvalue weighted by molar-refractivity contribution is 7.10. The summed E-state index contributed by atoms with van der Waals surface area (Å²) in [5.41, 5.74) is 4.33. The molecule has 1 aliphatic carbocycles. The zero-order valence-corrected chi connectivity index (χ0v) is 16.6. The van der Waals surface area contributed by atoms with Gasteiger partial charge < -0.3 is 9.84 Å². The molecular formula is C20H27N3O2S. The number of carbonyl (C=O) groups is 1. The van der Waals surface area contributed by atoms with Crippen molar-refractivity contribution in [2.24, 2.45) is 5.92 Å². The number of hydrogen-bond acceptors (Lipinski definition) is 5. The molecule has 4 rings (SSSR count). The number of aryl methyl sites for hydroxylation is 2. The summed E-state index contributed by atoms with van der Waals surface area (Å²) in [6.45, 7) is 8.87. The van der Waals surface area contributed by atoms with Gasteiger partial charge in [-0.05, 0) is 51.0 Å². The lowest BCUT2D eigenvalue weighted by atomic mass is 10.0. The first-order valence-corrected chi connectivity index (χ1v) is 10.5. The van der Waals surface area contributed by atoms with Crippen LogP contribution in [0.25, 0.3) is 0 Å². The Labute approximate surface area is 158 Å². The third kappa shape index (κ3) is 3.45. The zero-order valence-electron chi connectivity index (χ0n) is 15.8. The number of fused-ring (bicyclic) bond motifs is 1. The molecule has 140 valence electrons. The molecule has 2 aromatic rings. The first-order valence-electron chi connectivity index (χ1n) is 9.61. The molecule has 0 bridgehead atoms. The second-order valence-electron chi connectivity index (χ2n) is 7.64. The summed E-state index contributed by atoms with van der Waals surface area (Å²) in [7, 11) is 0. The van der Waals surface area contributed by atoms with Gasteiger partial charge in [0, 0.05) is 41.5 Å². The molecule has 5 nitrogen and oxygen atoms in total. The van der Waals surface area contributed by atoms with E-state index >= 15 is 0 Å². The first-order chi connectivity index (χ1) is 12.6. The number of nitrogens with one attached hydrogen (secondary N) is 1. The van der Waals surface area contributed by atoms with E-state index in [-0.39, 0.29) is 5.91 Å². The Balaban J connectivity index is 1.44. The Morgan fingerprint density at radius 1 is 1.46 bits per heavy atom. The predicted octanol–water partition coefficient (Wildman–Crippen LogP) is 3.83. The third-order valence-corrected chi connectivity index (χ3v) is 6.79. The first kappa shape index (κ1) is 17.7. The van der Waals surface area contributed by atoms with E-state index in [1.807, 2.05) is 13.8 Å². The van der Waals surface area contributed by atoms with Gasteiger partial charge in [-0.3, -0.25) is 9.69 Å². The fourth-order valence-corrected chi connectivity index (χ4v) is 5.08. The maximum Gasteiger partial charge on any atom is 0.252 e. The molecule has 1 amide bonds. The van der Waals surface area contributed by atoms with Gasteiger partial charge in [0.2, 0.25) is 0 Å². The van der Waals surface area contributed by atoms with Crippen molar-refractivity contribution in [2.75, 3.05) is 6.54 Å². The Morgan fingerprint density at radius 3 is 2.92 bits per heavy atom. The quantitative estimate of drug-likeness (QED) is 0.836. The summed E-state index contributed by atoms with van der Waals surface area (Å²) in [6, 6.07) is 0.345. The topological polar surface area (TPSA) is 58.4 Å². The summed E-state index contributed by atoms with van der Waals surface area (Å²) in [4.78, 5) is 16.5. The molecular weight excluding hydrogens is 346 g/mol. The average Bonchev–Trinajstić information content (AvgIpc) is 3.32. The van der Waals surface area contributed by atoms with Crippen molar-refractivity contribution < 1.29 is 9.32 Å². The van der Waals surface area contributed by atoms with Gasteiger partial charge in [-0.2, -0.15) is 0 Å². The minimum absolute atomic E-state index is 0.125. The van der Waals surface area contributed by atoms with Gasteiger partial charge in [-0.25, -0.2) is 0 Å². The highest BCUT2D eigenvalue weighted by atomic mass is 32.1. The summed E-state index contributed by atoms with van der Waals surface area (Å²) in [6.07, 6.45) is 4.48. The third-order valence-electron chi connectivity index (χ3n) is 5.78. The molecule has 1 saturated carbocycles. The van der Waals surface area contributed by atoms with Gasteiger partial charge in [-0.1, -0.05) is 12.1 Å². The minimum Gasteiger partial charge on any atom is -0.361 e. The van der Waals surface area contributed by atoms with E-state index in [4.69, 9.17) is 4.52 Å². The van der Waals surface area contributed by atoms with Crippen molar-refractivity contribution in [2.45, 2.75) is 65.6 Å². The van der Waals surface area contributed by atoms with Gasteiger partial charge in [-0.15, -0.1) is 11.3 Å². The van der Waals surface area contributed by atoms with Crippen LogP contribution in [-0.4, -0.2) is 28.6 Å². The molecule has 0 radical (unpaired) electrons. The molecule has 2 aliphatic rings. The van der Waals surface area contributed by atoms with Crippen LogP contribution in [0.15, 0.2) is 9.90 Å². The number of aromatic nitrogens is 1. The fourth-order valence-electron chi connectivity index (χ4n) is 3.96. The monoisotopic (exact) mass is 373 g/mol. The molecule has 3 heterocycles. The summed E-state index contributed by atoms with van der Waals surface area (Å²) in [5, 5.41) is 9.39. The van der Waals surface area contributed by atoms with Crippen LogP contribution in [0.4, 0.5) is 0 Å². The maximum atomic E-state index is 12.8. The zero-order chi connectivity index (χ0) is 18.3. The molecule has 0 saturated heterocycles. The maximum absolute atomic E-state index is 12.8. The molecule has 2 aromatic heterocycles. The van der Waals surface area contributed by atoms with Crippen LogP contribution in [0, 0.1) is 19.8 Å². The largest absolute Gasteiger partial charge is 0.361 e. The van der Waals surface area contributed by atoms with Crippen LogP contribution >= 0.6 is 11.3 Å². The van der Waals surface area contributed by atoms with E-state index in [0.29, 0.717) is 12.0 Å². The van der Waals surface area contributed by atoms with Gasteiger partial charge in [0.1, 0.15) is 5.76 Å². The Hall–Kier alpha value is -1.66. The van der Waals surface area contributed by atoms with Gasteiger partial charge in [0.25, 0.3) is 5.91 Å². The van der Waals surface area contributed by atoms with Crippen LogP contribution in [0.3, 0.4) is 0 Å². The van der Waals surface area contributed by atoms with Gasteiger partial charge in [0.15, 0.2) is 0 Å². The molecule has 1 atom stereocenters. The van der Waals surface area contributed by atoms with Crippen molar-refractivity contribution in [3.8, 4) is 0 Å². The van der Waals surface area contributed by atoms with Crippen molar-refractivity contribution in [3.05, 3.63) is 38.4 Å². The highest BCUT2D eigenvalue weighted by Crippen LogP contribution is 2.35. The highest BCUT2D eigenvalue weighted by Gasteiger charge is 2.32. The van der Waals surface area contributed by atoms with Crippen LogP contribution in [-0.2, 0) is 19.5 Å². The Morgan fingerprint density at radius 2 is 2.27 bits per heavy atom. The van der Waals surface area contributed by atoms with E-state index < -0.39 is 0 Å². The van der Waals surface area contributed by atoms with Gasteiger partial charge in [0.05, 0.1) is 11.3 Å². The number of nitrogens with zero attached hydrogens (tertiary/aromatic N) is 2. The van der Waals surface area contributed by atoms with Crippen molar-refractivity contribution in [3.63, 3.8) is 0 Å². The smallest absolute Gasteiger partial charge is 0.252 e. The lowest BCUT2D eigenvalue weighted by Crippen LogP contribution is -2.37. The second-order valence-corrected chi connectivity index (χ2v) is 8.60. The number of thiophene rings is 1. The van der Waals surface area contributed by atoms with Crippen LogP contribution in [0.1, 0.15) is 64.0 Å². The number of carbonyl (C=O) groups excluding carboxylic acids is 1. The van der Waals surface area contributed by atoms with E-state index in [1.54, 1.807) is 11.3 Å². The van der Waals surface area contributed by atoms with E-state index in [9.17, 15) is 4.79 Å². The van der Waals surface area contributed by atoms with Gasteiger partial charge >= 0.3 is 0 Å². The molecule has 1 fully saturated rings. The van der Waals surface area contributed by atoms with Crippen molar-refractivity contribution in [1.82, 2.24) is 15.4 Å². The van der Waals surface area contributed by atoms with E-state index in [1.165, 1.54) is 28.8 Å². The van der Waals surface area contributed by atoms with E-state index in [0.717, 1.165) is 49.5 Å². The van der Waals surface area contributed by atoms with Crippen molar-refractivity contribution >= 4 is 17.2 Å².